The minimum atomic E-state index is -4.90. The van der Waals surface area contributed by atoms with Crippen molar-refractivity contribution in [1.29, 1.82) is 0 Å². The van der Waals surface area contributed by atoms with E-state index in [-0.39, 0.29) is 6.61 Å². The van der Waals surface area contributed by atoms with Gasteiger partial charge in [-0.1, -0.05) is 0 Å². The first-order valence-corrected chi connectivity index (χ1v) is 4.75. The fraction of sp³-hybridized carbons (Fsp3) is 0.625. The molecule has 0 spiro atoms. The molecular formula is C8H11BrF3NO2. The molecular weight excluding hydrogens is 279 g/mol. The number of nitrogens with one attached hydrogen (secondary N) is 1. The molecule has 0 rings (SSSR count). The van der Waals surface area contributed by atoms with Crippen LogP contribution < -0.4 is 5.32 Å². The van der Waals surface area contributed by atoms with Crippen LogP contribution in [-0.2, 0) is 4.79 Å². The molecule has 0 heterocycles. The zero-order valence-electron chi connectivity index (χ0n) is 8.15. The fourth-order valence-electron chi connectivity index (χ4n) is 0.505. The molecule has 0 aliphatic carbocycles. The minimum absolute atomic E-state index is 0.274. The van der Waals surface area contributed by atoms with Crippen molar-refractivity contribution in [2.24, 2.45) is 0 Å². The molecule has 0 aromatic heterocycles. The molecule has 2 N–H and O–H groups in total. The van der Waals surface area contributed by atoms with E-state index in [1.807, 2.05) is 0 Å². The summed E-state index contributed by atoms with van der Waals surface area (Å²) in [4.78, 5) is 10.6. The summed E-state index contributed by atoms with van der Waals surface area (Å²) < 4.78 is 35.1. The van der Waals surface area contributed by atoms with E-state index in [9.17, 15) is 18.0 Å². The van der Waals surface area contributed by atoms with Crippen molar-refractivity contribution in [2.45, 2.75) is 25.6 Å². The maximum absolute atomic E-state index is 11.9. The summed E-state index contributed by atoms with van der Waals surface area (Å²) >= 11 is 2.51. The van der Waals surface area contributed by atoms with Crippen LogP contribution in [0.4, 0.5) is 13.2 Å². The number of alkyl halides is 3. The molecule has 0 bridgehead atoms. The highest BCUT2D eigenvalue weighted by atomic mass is 79.9. The Hall–Kier alpha value is -0.560. The highest BCUT2D eigenvalue weighted by molar-refractivity contribution is 9.12. The van der Waals surface area contributed by atoms with Crippen LogP contribution in [0.15, 0.2) is 10.7 Å². The Labute approximate surface area is 93.5 Å². The fourth-order valence-corrected chi connectivity index (χ4v) is 0.845. The molecule has 15 heavy (non-hydrogen) atoms. The summed E-state index contributed by atoms with van der Waals surface area (Å²) in [5.41, 5.74) is -0.787. The van der Waals surface area contributed by atoms with Gasteiger partial charge < -0.3 is 10.4 Å². The van der Waals surface area contributed by atoms with Crippen molar-refractivity contribution in [3.05, 3.63) is 10.7 Å². The molecule has 7 heteroatoms. The first-order chi connectivity index (χ1) is 6.60. The van der Waals surface area contributed by atoms with Crippen LogP contribution in [0.25, 0.3) is 0 Å². The second-order valence-electron chi connectivity index (χ2n) is 3.51. The molecule has 0 aliphatic rings. The molecule has 0 atom stereocenters. The monoisotopic (exact) mass is 289 g/mol. The van der Waals surface area contributed by atoms with Crippen LogP contribution >= 0.6 is 15.9 Å². The minimum Gasteiger partial charge on any atom is -0.394 e. The van der Waals surface area contributed by atoms with Gasteiger partial charge >= 0.3 is 6.18 Å². The summed E-state index contributed by atoms with van der Waals surface area (Å²) in [5.74, 6) is -1.97. The van der Waals surface area contributed by atoms with E-state index in [0.29, 0.717) is 0 Å². The van der Waals surface area contributed by atoms with Crippen molar-refractivity contribution >= 4 is 21.7 Å². The van der Waals surface area contributed by atoms with Crippen molar-refractivity contribution in [3.63, 3.8) is 0 Å². The molecule has 0 aromatic carbocycles. The van der Waals surface area contributed by atoms with Gasteiger partial charge in [0.2, 0.25) is 0 Å². The first kappa shape index (κ1) is 14.4. The number of Topliss-reactive ketones (excluding diaryl/α,β-unsaturated/α-hetero) is 1. The Morgan fingerprint density at radius 3 is 2.27 bits per heavy atom. The molecule has 0 saturated carbocycles. The molecule has 3 nitrogen and oxygen atoms in total. The van der Waals surface area contributed by atoms with Gasteiger partial charge in [-0.15, -0.1) is 0 Å². The summed E-state index contributed by atoms with van der Waals surface area (Å²) in [6.45, 7) is 2.87. The lowest BCUT2D eigenvalue weighted by Crippen LogP contribution is -2.39. The number of allylic oxidation sites excluding steroid dienone is 1. The predicted octanol–water partition coefficient (Wildman–Crippen LogP) is 1.71. The molecule has 0 amide bonds. The van der Waals surface area contributed by atoms with Gasteiger partial charge in [0.05, 0.1) is 16.6 Å². The summed E-state index contributed by atoms with van der Waals surface area (Å²) in [5, 5.41) is 11.3. The van der Waals surface area contributed by atoms with Crippen molar-refractivity contribution < 1.29 is 23.1 Å². The lowest BCUT2D eigenvalue weighted by molar-refractivity contribution is -0.165. The Bertz CT molecular complexity index is 274. The zero-order chi connectivity index (χ0) is 12.3. The van der Waals surface area contributed by atoms with Crippen LogP contribution in [0, 0.1) is 0 Å². The SMILES string of the molecule is CC(C)(CO)N/C=C(\Br)C(=O)C(F)(F)F. The third-order valence-corrected chi connectivity index (χ3v) is 2.05. The maximum Gasteiger partial charge on any atom is 0.455 e. The molecule has 0 aromatic rings. The standard InChI is InChI=1S/C8H11BrF3NO2/c1-7(2,4-14)13-3-5(9)6(15)8(10,11)12/h3,13-14H,4H2,1-2H3/b5-3-. The number of aliphatic hydroxyl groups excluding tert-OH is 1. The largest absolute Gasteiger partial charge is 0.455 e. The Morgan fingerprint density at radius 1 is 1.47 bits per heavy atom. The number of hydrogen-bond acceptors (Lipinski definition) is 3. The van der Waals surface area contributed by atoms with Crippen molar-refractivity contribution in [3.8, 4) is 0 Å². The van der Waals surface area contributed by atoms with Gasteiger partial charge in [-0.3, -0.25) is 4.79 Å². The average Bonchev–Trinajstić information content (AvgIpc) is 2.11. The van der Waals surface area contributed by atoms with Gasteiger partial charge in [0, 0.05) is 6.20 Å². The number of aliphatic hydroxyl groups is 1. The van der Waals surface area contributed by atoms with E-state index in [0.717, 1.165) is 6.20 Å². The Morgan fingerprint density at radius 2 is 1.93 bits per heavy atom. The quantitative estimate of drug-likeness (QED) is 0.775. The van der Waals surface area contributed by atoms with E-state index in [1.54, 1.807) is 13.8 Å². The smallest absolute Gasteiger partial charge is 0.394 e. The lowest BCUT2D eigenvalue weighted by Gasteiger charge is -2.22. The number of ketones is 1. The topological polar surface area (TPSA) is 49.3 Å². The van der Waals surface area contributed by atoms with Crippen LogP contribution in [0.1, 0.15) is 13.8 Å². The summed E-state index contributed by atoms with van der Waals surface area (Å²) in [7, 11) is 0. The molecule has 0 fully saturated rings. The average molecular weight is 290 g/mol. The zero-order valence-corrected chi connectivity index (χ0v) is 9.74. The van der Waals surface area contributed by atoms with Crippen LogP contribution in [0.2, 0.25) is 0 Å². The van der Waals surface area contributed by atoms with Gasteiger partial charge in [0.1, 0.15) is 0 Å². The number of halogens is 4. The third kappa shape index (κ3) is 5.17. The molecule has 0 unspecified atom stereocenters. The van der Waals surface area contributed by atoms with E-state index in [4.69, 9.17) is 5.11 Å². The Balaban J connectivity index is 4.53. The molecule has 0 radical (unpaired) electrons. The van der Waals surface area contributed by atoms with Crippen LogP contribution in [0.3, 0.4) is 0 Å². The maximum atomic E-state index is 11.9. The predicted molar refractivity (Wildman–Crippen MR) is 52.4 cm³/mol. The lowest BCUT2D eigenvalue weighted by atomic mass is 10.1. The van der Waals surface area contributed by atoms with Gasteiger partial charge in [0.15, 0.2) is 0 Å². The van der Waals surface area contributed by atoms with Gasteiger partial charge in [-0.25, -0.2) is 0 Å². The second-order valence-corrected chi connectivity index (χ2v) is 4.36. The number of carbonyl (C=O) groups excluding carboxylic acids is 1. The van der Waals surface area contributed by atoms with Crippen LogP contribution in [0.5, 0.6) is 0 Å². The number of carbonyl (C=O) groups is 1. The molecule has 0 saturated heterocycles. The van der Waals surface area contributed by atoms with Gasteiger partial charge in [0.25, 0.3) is 5.78 Å². The van der Waals surface area contributed by atoms with Gasteiger partial charge in [-0.05, 0) is 29.8 Å². The molecule has 0 aliphatic heterocycles. The second kappa shape index (κ2) is 4.98. The first-order valence-electron chi connectivity index (χ1n) is 3.96. The van der Waals surface area contributed by atoms with E-state index < -0.39 is 22.0 Å². The summed E-state index contributed by atoms with van der Waals surface area (Å²) in [6, 6.07) is 0. The highest BCUT2D eigenvalue weighted by Crippen LogP contribution is 2.23. The summed E-state index contributed by atoms with van der Waals surface area (Å²) in [6.07, 6.45) is -4.02. The van der Waals surface area contributed by atoms with E-state index in [2.05, 4.69) is 21.2 Å². The van der Waals surface area contributed by atoms with Crippen LogP contribution in [-0.4, -0.2) is 29.2 Å². The van der Waals surface area contributed by atoms with Crippen molar-refractivity contribution in [2.75, 3.05) is 6.61 Å². The van der Waals surface area contributed by atoms with Gasteiger partial charge in [-0.2, -0.15) is 13.2 Å². The third-order valence-electron chi connectivity index (χ3n) is 1.46. The normalized spacial score (nSPS) is 13.9. The Kier molecular flexibility index (Phi) is 4.79. The van der Waals surface area contributed by atoms with E-state index >= 15 is 0 Å². The highest BCUT2D eigenvalue weighted by Gasteiger charge is 2.40. The number of rotatable bonds is 4. The van der Waals surface area contributed by atoms with Crippen molar-refractivity contribution in [1.82, 2.24) is 5.32 Å². The van der Waals surface area contributed by atoms with E-state index in [1.165, 1.54) is 0 Å². The molecule has 88 valence electrons. The number of hydrogen-bond donors (Lipinski definition) is 2.